The quantitative estimate of drug-likeness (QED) is 0.778. The molecule has 0 atom stereocenters. The molecular weight excluding hydrogens is 288 g/mol. The van der Waals surface area contributed by atoms with Crippen molar-refractivity contribution in [3.05, 3.63) is 53.9 Å². The zero-order chi connectivity index (χ0) is 15.6. The molecule has 0 amide bonds. The summed E-state index contributed by atoms with van der Waals surface area (Å²) >= 11 is 0. The molecule has 3 heterocycles. The molecule has 23 heavy (non-hydrogen) atoms. The highest BCUT2D eigenvalue weighted by Gasteiger charge is 2.13. The van der Waals surface area contributed by atoms with E-state index in [9.17, 15) is 0 Å². The molecule has 0 unspecified atom stereocenters. The number of aromatic nitrogens is 4. The largest absolute Gasteiger partial charge is 0.324 e. The highest BCUT2D eigenvalue weighted by molar-refractivity contribution is 5.59. The van der Waals surface area contributed by atoms with Crippen LogP contribution in [0.2, 0.25) is 0 Å². The fourth-order valence-electron chi connectivity index (χ4n) is 2.87. The number of fused-ring (bicyclic) bond motifs is 1. The van der Waals surface area contributed by atoms with Gasteiger partial charge in [-0.15, -0.1) is 0 Å². The van der Waals surface area contributed by atoms with E-state index in [4.69, 9.17) is 0 Å². The van der Waals surface area contributed by atoms with Gasteiger partial charge < -0.3 is 10.2 Å². The Morgan fingerprint density at radius 3 is 2.96 bits per heavy atom. The zero-order valence-electron chi connectivity index (χ0n) is 13.0. The first-order valence-electron chi connectivity index (χ1n) is 7.68. The number of hydrogen-bond donors (Lipinski definition) is 2. The van der Waals surface area contributed by atoms with Crippen LogP contribution < -0.4 is 5.32 Å². The predicted octanol–water partition coefficient (Wildman–Crippen LogP) is 2.60. The van der Waals surface area contributed by atoms with Crippen LogP contribution in [-0.4, -0.2) is 38.7 Å². The van der Waals surface area contributed by atoms with Crippen LogP contribution in [0.5, 0.6) is 0 Å². The van der Waals surface area contributed by atoms with Crippen molar-refractivity contribution >= 4 is 11.6 Å². The monoisotopic (exact) mass is 306 g/mol. The van der Waals surface area contributed by atoms with Crippen molar-refractivity contribution in [1.82, 2.24) is 25.1 Å². The molecule has 0 bridgehead atoms. The van der Waals surface area contributed by atoms with Crippen LogP contribution in [0.15, 0.2) is 42.7 Å². The van der Waals surface area contributed by atoms with Gasteiger partial charge in [0.15, 0.2) is 0 Å². The number of H-pyrrole nitrogens is 1. The lowest BCUT2D eigenvalue weighted by atomic mass is 9.99. The van der Waals surface area contributed by atoms with Gasteiger partial charge in [-0.3, -0.25) is 5.10 Å². The lowest BCUT2D eigenvalue weighted by Crippen LogP contribution is -2.26. The Morgan fingerprint density at radius 1 is 1.13 bits per heavy atom. The maximum absolute atomic E-state index is 4.53. The van der Waals surface area contributed by atoms with Gasteiger partial charge in [0, 0.05) is 31.2 Å². The molecule has 6 heteroatoms. The Hall–Kier alpha value is -2.73. The van der Waals surface area contributed by atoms with Gasteiger partial charge in [0.25, 0.3) is 0 Å². The number of rotatable bonds is 3. The summed E-state index contributed by atoms with van der Waals surface area (Å²) in [6, 6.07) is 10.2. The highest BCUT2D eigenvalue weighted by atomic mass is 15.1. The van der Waals surface area contributed by atoms with E-state index in [1.807, 2.05) is 12.1 Å². The molecule has 0 aliphatic carbocycles. The first-order valence-corrected chi connectivity index (χ1v) is 7.68. The Kier molecular flexibility index (Phi) is 3.51. The average Bonchev–Trinajstić information content (AvgIpc) is 3.09. The van der Waals surface area contributed by atoms with Crippen LogP contribution >= 0.6 is 0 Å². The van der Waals surface area contributed by atoms with Crippen molar-refractivity contribution in [2.75, 3.05) is 18.9 Å². The van der Waals surface area contributed by atoms with E-state index in [-0.39, 0.29) is 0 Å². The van der Waals surface area contributed by atoms with Gasteiger partial charge in [-0.1, -0.05) is 6.07 Å². The summed E-state index contributed by atoms with van der Waals surface area (Å²) in [7, 11) is 2.15. The topological polar surface area (TPSA) is 69.7 Å². The van der Waals surface area contributed by atoms with Crippen LogP contribution in [0.4, 0.5) is 11.6 Å². The normalized spacial score (nSPS) is 14.5. The zero-order valence-corrected chi connectivity index (χ0v) is 13.0. The third-order valence-corrected chi connectivity index (χ3v) is 4.10. The third-order valence-electron chi connectivity index (χ3n) is 4.10. The number of nitrogens with zero attached hydrogens (tertiary/aromatic N) is 4. The Labute approximate surface area is 134 Å². The SMILES string of the molecule is CN1CCc2ccc(Nc3nccc(-c4ccn[nH]4)n3)cc2C1. The second kappa shape index (κ2) is 5.81. The molecule has 0 spiro atoms. The van der Waals surface area contributed by atoms with Crippen molar-refractivity contribution in [2.45, 2.75) is 13.0 Å². The number of anilines is 2. The highest BCUT2D eigenvalue weighted by Crippen LogP contribution is 2.24. The third kappa shape index (κ3) is 2.93. The van der Waals surface area contributed by atoms with Crippen molar-refractivity contribution in [2.24, 2.45) is 0 Å². The molecule has 4 rings (SSSR count). The van der Waals surface area contributed by atoms with E-state index in [0.717, 1.165) is 36.6 Å². The maximum Gasteiger partial charge on any atom is 0.227 e. The summed E-state index contributed by atoms with van der Waals surface area (Å²) in [6.45, 7) is 2.11. The van der Waals surface area contributed by atoms with Crippen LogP contribution in [0.1, 0.15) is 11.1 Å². The second-order valence-electron chi connectivity index (χ2n) is 5.83. The number of likely N-dealkylation sites (N-methyl/N-ethyl adjacent to an activating group) is 1. The molecule has 1 aliphatic rings. The van der Waals surface area contributed by atoms with E-state index in [1.165, 1.54) is 11.1 Å². The van der Waals surface area contributed by atoms with E-state index in [2.05, 4.69) is 55.6 Å². The minimum absolute atomic E-state index is 0.584. The molecule has 2 N–H and O–H groups in total. The Bertz CT molecular complexity index is 812. The van der Waals surface area contributed by atoms with Gasteiger partial charge in [-0.05, 0) is 48.9 Å². The second-order valence-corrected chi connectivity index (χ2v) is 5.83. The van der Waals surface area contributed by atoms with E-state index < -0.39 is 0 Å². The van der Waals surface area contributed by atoms with Gasteiger partial charge in [0.1, 0.15) is 0 Å². The summed E-state index contributed by atoms with van der Waals surface area (Å²) in [5.41, 5.74) is 5.51. The van der Waals surface area contributed by atoms with E-state index in [0.29, 0.717) is 5.95 Å². The molecular formula is C17H18N6. The minimum Gasteiger partial charge on any atom is -0.324 e. The number of nitrogens with one attached hydrogen (secondary N) is 2. The van der Waals surface area contributed by atoms with E-state index >= 15 is 0 Å². The van der Waals surface area contributed by atoms with Crippen LogP contribution in [0, 0.1) is 0 Å². The Balaban J connectivity index is 1.59. The molecule has 0 saturated carbocycles. The standard InChI is InChI=1S/C17H18N6/c1-23-9-6-12-2-3-14(10-13(12)11-23)20-17-18-7-4-15(21-17)16-5-8-19-22-16/h2-5,7-8,10H,6,9,11H2,1H3,(H,19,22)(H,18,20,21). The molecule has 2 aromatic heterocycles. The van der Waals surface area contributed by atoms with Crippen molar-refractivity contribution in [3.8, 4) is 11.4 Å². The van der Waals surface area contributed by atoms with Crippen LogP contribution in [0.3, 0.4) is 0 Å². The molecule has 0 saturated heterocycles. The number of benzene rings is 1. The fourth-order valence-corrected chi connectivity index (χ4v) is 2.87. The van der Waals surface area contributed by atoms with Crippen molar-refractivity contribution < 1.29 is 0 Å². The maximum atomic E-state index is 4.53. The van der Waals surface area contributed by atoms with Gasteiger partial charge >= 0.3 is 0 Å². The molecule has 1 aromatic carbocycles. The first kappa shape index (κ1) is 13.9. The summed E-state index contributed by atoms with van der Waals surface area (Å²) in [5, 5.41) is 10.2. The molecule has 0 fully saturated rings. The summed E-state index contributed by atoms with van der Waals surface area (Å²) in [4.78, 5) is 11.2. The Morgan fingerprint density at radius 2 is 2.09 bits per heavy atom. The predicted molar refractivity (Wildman–Crippen MR) is 89.4 cm³/mol. The van der Waals surface area contributed by atoms with Crippen molar-refractivity contribution in [1.29, 1.82) is 0 Å². The lowest BCUT2D eigenvalue weighted by molar-refractivity contribution is 0.313. The number of aromatic amines is 1. The van der Waals surface area contributed by atoms with Gasteiger partial charge in [0.05, 0.1) is 11.4 Å². The van der Waals surface area contributed by atoms with Crippen molar-refractivity contribution in [3.63, 3.8) is 0 Å². The molecule has 6 nitrogen and oxygen atoms in total. The lowest BCUT2D eigenvalue weighted by Gasteiger charge is -2.25. The molecule has 116 valence electrons. The smallest absolute Gasteiger partial charge is 0.227 e. The summed E-state index contributed by atoms with van der Waals surface area (Å²) in [6.07, 6.45) is 4.57. The van der Waals surface area contributed by atoms with Gasteiger partial charge in [0.2, 0.25) is 5.95 Å². The van der Waals surface area contributed by atoms with E-state index in [1.54, 1.807) is 12.4 Å². The first-order chi connectivity index (χ1) is 11.3. The molecule has 1 aliphatic heterocycles. The summed E-state index contributed by atoms with van der Waals surface area (Å²) in [5.74, 6) is 0.584. The van der Waals surface area contributed by atoms with Crippen LogP contribution in [0.25, 0.3) is 11.4 Å². The number of hydrogen-bond acceptors (Lipinski definition) is 5. The molecule has 3 aromatic rings. The van der Waals surface area contributed by atoms with Gasteiger partial charge in [-0.25, -0.2) is 9.97 Å². The summed E-state index contributed by atoms with van der Waals surface area (Å²) < 4.78 is 0. The molecule has 0 radical (unpaired) electrons. The van der Waals surface area contributed by atoms with Crippen LogP contribution in [-0.2, 0) is 13.0 Å². The minimum atomic E-state index is 0.584. The van der Waals surface area contributed by atoms with Gasteiger partial charge in [-0.2, -0.15) is 5.10 Å². The fraction of sp³-hybridized carbons (Fsp3) is 0.235. The average molecular weight is 306 g/mol.